The minimum atomic E-state index is -0.816. The molecule has 1 aliphatic heterocycles. The van der Waals surface area contributed by atoms with Crippen molar-refractivity contribution in [1.82, 2.24) is 0 Å². The number of anilines is 2. The Kier molecular flexibility index (Phi) is 4.21. The maximum absolute atomic E-state index is 12.2. The van der Waals surface area contributed by atoms with Crippen LogP contribution in [0.15, 0.2) is 18.2 Å². The second kappa shape index (κ2) is 5.76. The Morgan fingerprint density at radius 1 is 1.43 bits per heavy atom. The summed E-state index contributed by atoms with van der Waals surface area (Å²) in [7, 11) is 0. The van der Waals surface area contributed by atoms with Gasteiger partial charge in [0.2, 0.25) is 5.91 Å². The first kappa shape index (κ1) is 15.4. The Bertz CT molecular complexity index is 567. The van der Waals surface area contributed by atoms with E-state index < -0.39 is 5.97 Å². The van der Waals surface area contributed by atoms with Gasteiger partial charge in [0.25, 0.3) is 0 Å². The number of carbonyl (C=O) groups is 2. The summed E-state index contributed by atoms with van der Waals surface area (Å²) >= 11 is 0. The Labute approximate surface area is 125 Å². The van der Waals surface area contributed by atoms with Crippen LogP contribution in [0.5, 0.6) is 0 Å². The Balaban J connectivity index is 2.28. The van der Waals surface area contributed by atoms with Crippen LogP contribution in [-0.4, -0.2) is 30.1 Å². The van der Waals surface area contributed by atoms with Gasteiger partial charge in [-0.1, -0.05) is 13.8 Å². The monoisotopic (exact) mass is 290 g/mol. The molecule has 0 bridgehead atoms. The highest BCUT2D eigenvalue weighted by Crippen LogP contribution is 2.41. The normalized spacial score (nSPS) is 16.5. The highest BCUT2D eigenvalue weighted by atomic mass is 16.4. The number of rotatable bonds is 5. The number of nitrogens with zero attached hydrogens (tertiary/aromatic N) is 1. The number of carbonyl (C=O) groups excluding carboxylic acids is 1. The first-order chi connectivity index (χ1) is 9.85. The zero-order valence-electron chi connectivity index (χ0n) is 12.8. The number of fused-ring (bicyclic) bond motifs is 1. The van der Waals surface area contributed by atoms with Crippen molar-refractivity contribution in [3.63, 3.8) is 0 Å². The predicted octanol–water partition coefficient (Wildman–Crippen LogP) is 2.61. The van der Waals surface area contributed by atoms with E-state index in [2.05, 4.69) is 19.2 Å². The predicted molar refractivity (Wildman–Crippen MR) is 82.9 cm³/mol. The molecule has 0 fully saturated rings. The number of carboxylic acid groups (broad SMARTS) is 1. The van der Waals surface area contributed by atoms with E-state index in [1.807, 2.05) is 30.0 Å². The summed E-state index contributed by atoms with van der Waals surface area (Å²) in [4.78, 5) is 24.5. The molecule has 0 unspecified atom stereocenters. The van der Waals surface area contributed by atoms with E-state index in [0.29, 0.717) is 19.5 Å². The number of benzene rings is 1. The molecule has 1 aromatic rings. The van der Waals surface area contributed by atoms with Gasteiger partial charge in [-0.3, -0.25) is 9.59 Å². The minimum Gasteiger partial charge on any atom is -0.481 e. The minimum absolute atomic E-state index is 0.0834. The molecular formula is C16H22N2O3. The van der Waals surface area contributed by atoms with Crippen LogP contribution in [0.4, 0.5) is 11.4 Å². The number of amides is 1. The molecule has 0 radical (unpaired) electrons. The third kappa shape index (κ3) is 3.17. The van der Waals surface area contributed by atoms with Crippen LogP contribution >= 0.6 is 0 Å². The maximum atomic E-state index is 12.2. The third-order valence-corrected chi connectivity index (χ3v) is 3.89. The van der Waals surface area contributed by atoms with Gasteiger partial charge in [0.15, 0.2) is 0 Å². The van der Waals surface area contributed by atoms with E-state index in [0.717, 1.165) is 16.9 Å². The zero-order chi connectivity index (χ0) is 15.6. The van der Waals surface area contributed by atoms with Crippen LogP contribution in [0.2, 0.25) is 0 Å². The summed E-state index contributed by atoms with van der Waals surface area (Å²) in [6.07, 6.45) is 0.576. The summed E-state index contributed by atoms with van der Waals surface area (Å²) in [6.45, 7) is 7.16. The van der Waals surface area contributed by atoms with Gasteiger partial charge in [0.05, 0.1) is 6.42 Å². The topological polar surface area (TPSA) is 69.6 Å². The molecule has 5 nitrogen and oxygen atoms in total. The second-order valence-electron chi connectivity index (χ2n) is 6.00. The molecule has 0 aromatic heterocycles. The zero-order valence-corrected chi connectivity index (χ0v) is 12.8. The second-order valence-corrected chi connectivity index (χ2v) is 6.00. The van der Waals surface area contributed by atoms with Crippen molar-refractivity contribution in [2.24, 2.45) is 0 Å². The van der Waals surface area contributed by atoms with E-state index >= 15 is 0 Å². The molecule has 2 N–H and O–H groups in total. The fourth-order valence-corrected chi connectivity index (χ4v) is 2.79. The molecule has 1 aromatic carbocycles. The summed E-state index contributed by atoms with van der Waals surface area (Å²) < 4.78 is 0. The molecule has 0 saturated heterocycles. The van der Waals surface area contributed by atoms with E-state index in [-0.39, 0.29) is 17.7 Å². The van der Waals surface area contributed by atoms with Crippen LogP contribution in [0.1, 0.15) is 39.2 Å². The van der Waals surface area contributed by atoms with Crippen LogP contribution in [0, 0.1) is 0 Å². The summed E-state index contributed by atoms with van der Waals surface area (Å²) in [5.74, 6) is -0.662. The lowest BCUT2D eigenvalue weighted by atomic mass is 9.77. The Morgan fingerprint density at radius 3 is 2.76 bits per heavy atom. The summed E-state index contributed by atoms with van der Waals surface area (Å²) in [6, 6.07) is 5.88. The molecule has 0 atom stereocenters. The Morgan fingerprint density at radius 2 is 2.14 bits per heavy atom. The molecule has 0 spiro atoms. The van der Waals surface area contributed by atoms with Gasteiger partial charge in [-0.15, -0.1) is 0 Å². The Hall–Kier alpha value is -2.04. The van der Waals surface area contributed by atoms with Gasteiger partial charge in [-0.25, -0.2) is 0 Å². The molecule has 21 heavy (non-hydrogen) atoms. The average Bonchev–Trinajstić information content (AvgIpc) is 2.38. The molecule has 1 amide bonds. The van der Waals surface area contributed by atoms with Crippen LogP contribution < -0.4 is 10.2 Å². The molecule has 114 valence electrons. The van der Waals surface area contributed by atoms with Gasteiger partial charge in [0, 0.05) is 36.3 Å². The van der Waals surface area contributed by atoms with Gasteiger partial charge in [0.1, 0.15) is 0 Å². The first-order valence-electron chi connectivity index (χ1n) is 7.25. The van der Waals surface area contributed by atoms with Gasteiger partial charge in [-0.05, 0) is 30.7 Å². The van der Waals surface area contributed by atoms with Crippen molar-refractivity contribution < 1.29 is 14.7 Å². The molecule has 1 heterocycles. The lowest BCUT2D eigenvalue weighted by molar-refractivity contribution is -0.136. The molecule has 5 heteroatoms. The molecule has 0 saturated carbocycles. The van der Waals surface area contributed by atoms with Gasteiger partial charge < -0.3 is 15.3 Å². The van der Waals surface area contributed by atoms with Gasteiger partial charge >= 0.3 is 5.97 Å². The molecule has 0 aliphatic carbocycles. The average molecular weight is 290 g/mol. The van der Waals surface area contributed by atoms with Crippen molar-refractivity contribution >= 4 is 23.3 Å². The van der Waals surface area contributed by atoms with E-state index in [1.165, 1.54) is 0 Å². The van der Waals surface area contributed by atoms with Gasteiger partial charge in [-0.2, -0.15) is 0 Å². The number of hydrogen-bond donors (Lipinski definition) is 2. The van der Waals surface area contributed by atoms with Crippen molar-refractivity contribution in [1.29, 1.82) is 0 Å². The lowest BCUT2D eigenvalue weighted by Crippen LogP contribution is -2.41. The third-order valence-electron chi connectivity index (χ3n) is 3.89. The lowest BCUT2D eigenvalue weighted by Gasteiger charge is -2.38. The molecule has 2 rings (SSSR count). The number of hydrogen-bond acceptors (Lipinski definition) is 3. The van der Waals surface area contributed by atoms with Crippen LogP contribution in [0.3, 0.4) is 0 Å². The quantitative estimate of drug-likeness (QED) is 0.874. The fourth-order valence-electron chi connectivity index (χ4n) is 2.79. The SMILES string of the molecule is CCN1C(=O)CC(C)(C)c2cc(NCCC(=O)O)ccc21. The van der Waals surface area contributed by atoms with E-state index in [9.17, 15) is 9.59 Å². The van der Waals surface area contributed by atoms with Crippen LogP contribution in [0.25, 0.3) is 0 Å². The number of aliphatic carboxylic acids is 1. The number of carboxylic acids is 1. The smallest absolute Gasteiger partial charge is 0.305 e. The molecular weight excluding hydrogens is 268 g/mol. The maximum Gasteiger partial charge on any atom is 0.305 e. The van der Waals surface area contributed by atoms with Crippen molar-refractivity contribution in [3.8, 4) is 0 Å². The van der Waals surface area contributed by atoms with E-state index in [1.54, 1.807) is 0 Å². The molecule has 1 aliphatic rings. The van der Waals surface area contributed by atoms with Crippen LogP contribution in [-0.2, 0) is 15.0 Å². The first-order valence-corrected chi connectivity index (χ1v) is 7.25. The number of nitrogens with one attached hydrogen (secondary N) is 1. The largest absolute Gasteiger partial charge is 0.481 e. The standard InChI is InChI=1S/C16H22N2O3/c1-4-18-13-6-5-11(17-8-7-15(20)21)9-12(13)16(2,3)10-14(18)19/h5-6,9,17H,4,7-8,10H2,1-3H3,(H,20,21). The highest BCUT2D eigenvalue weighted by molar-refractivity contribution is 5.98. The highest BCUT2D eigenvalue weighted by Gasteiger charge is 2.36. The van der Waals surface area contributed by atoms with Crippen molar-refractivity contribution in [3.05, 3.63) is 23.8 Å². The van der Waals surface area contributed by atoms with Crippen molar-refractivity contribution in [2.75, 3.05) is 23.3 Å². The fraction of sp³-hybridized carbons (Fsp3) is 0.500. The van der Waals surface area contributed by atoms with Crippen molar-refractivity contribution in [2.45, 2.75) is 39.0 Å². The van der Waals surface area contributed by atoms with E-state index in [4.69, 9.17) is 5.11 Å². The summed E-state index contributed by atoms with van der Waals surface area (Å²) in [5.41, 5.74) is 2.78. The summed E-state index contributed by atoms with van der Waals surface area (Å²) in [5, 5.41) is 11.8.